The lowest BCUT2D eigenvalue weighted by molar-refractivity contribution is 0.102. The number of benzene rings is 1. The van der Waals surface area contributed by atoms with Crippen LogP contribution in [0.4, 0.5) is 5.82 Å². The standard InChI is InChI=1S/C13H10BrN5O/c14-5-8-1-3-9(4-2-8)13(20)19-12-10-11(16-6-15-10)17-7-18-12/h1-4,6-7H,5H2,(H2,15,16,17,18,19,20). The molecule has 100 valence electrons. The van der Waals surface area contributed by atoms with E-state index in [1.165, 1.54) is 12.7 Å². The fourth-order valence-corrected chi connectivity index (χ4v) is 2.16. The lowest BCUT2D eigenvalue weighted by atomic mass is 10.1. The van der Waals surface area contributed by atoms with Crippen LogP contribution in [-0.2, 0) is 5.33 Å². The molecule has 1 aromatic carbocycles. The third-order valence-corrected chi connectivity index (χ3v) is 3.47. The molecule has 6 nitrogen and oxygen atoms in total. The molecule has 0 aliphatic heterocycles. The molecule has 0 aliphatic carbocycles. The Morgan fingerprint density at radius 1 is 1.20 bits per heavy atom. The molecule has 0 bridgehead atoms. The fourth-order valence-electron chi connectivity index (χ4n) is 1.78. The van der Waals surface area contributed by atoms with Gasteiger partial charge in [-0.25, -0.2) is 15.0 Å². The molecule has 3 aromatic rings. The Labute approximate surface area is 122 Å². The summed E-state index contributed by atoms with van der Waals surface area (Å²) in [6.07, 6.45) is 2.88. The minimum Gasteiger partial charge on any atom is -0.340 e. The number of aromatic amines is 1. The molecule has 3 rings (SSSR count). The predicted octanol–water partition coefficient (Wildman–Crippen LogP) is 2.50. The Kier molecular flexibility index (Phi) is 3.42. The average molecular weight is 332 g/mol. The van der Waals surface area contributed by atoms with Crippen LogP contribution in [-0.4, -0.2) is 25.8 Å². The van der Waals surface area contributed by atoms with Crippen molar-refractivity contribution in [2.75, 3.05) is 5.32 Å². The van der Waals surface area contributed by atoms with Crippen molar-refractivity contribution >= 4 is 38.8 Å². The van der Waals surface area contributed by atoms with Gasteiger partial charge in [-0.3, -0.25) is 4.79 Å². The number of imidazole rings is 1. The number of hydrogen-bond acceptors (Lipinski definition) is 4. The monoisotopic (exact) mass is 331 g/mol. The zero-order chi connectivity index (χ0) is 13.9. The van der Waals surface area contributed by atoms with Gasteiger partial charge in [0.25, 0.3) is 5.91 Å². The van der Waals surface area contributed by atoms with E-state index in [1.807, 2.05) is 12.1 Å². The topological polar surface area (TPSA) is 83.6 Å². The van der Waals surface area contributed by atoms with Crippen molar-refractivity contribution in [1.82, 2.24) is 19.9 Å². The van der Waals surface area contributed by atoms with Crippen LogP contribution in [0.15, 0.2) is 36.9 Å². The van der Waals surface area contributed by atoms with Crippen LogP contribution >= 0.6 is 15.9 Å². The summed E-state index contributed by atoms with van der Waals surface area (Å²) in [5, 5.41) is 3.51. The van der Waals surface area contributed by atoms with Crippen LogP contribution in [0.2, 0.25) is 0 Å². The molecule has 1 amide bonds. The third kappa shape index (κ3) is 2.39. The van der Waals surface area contributed by atoms with Crippen molar-refractivity contribution in [3.8, 4) is 0 Å². The molecule has 2 aromatic heterocycles. The molecular formula is C13H10BrN5O. The molecule has 20 heavy (non-hydrogen) atoms. The van der Waals surface area contributed by atoms with Crippen molar-refractivity contribution in [2.24, 2.45) is 0 Å². The Morgan fingerprint density at radius 2 is 2.00 bits per heavy atom. The lowest BCUT2D eigenvalue weighted by Crippen LogP contribution is -2.13. The number of alkyl halides is 1. The summed E-state index contributed by atoms with van der Waals surface area (Å²) in [4.78, 5) is 27.1. The Bertz CT molecular complexity index is 753. The van der Waals surface area contributed by atoms with Crippen molar-refractivity contribution in [1.29, 1.82) is 0 Å². The molecular weight excluding hydrogens is 322 g/mol. The number of carbonyl (C=O) groups excluding carboxylic acids is 1. The highest BCUT2D eigenvalue weighted by Crippen LogP contribution is 2.16. The second-order valence-corrected chi connectivity index (χ2v) is 4.67. The number of H-pyrrole nitrogens is 1. The third-order valence-electron chi connectivity index (χ3n) is 2.83. The van der Waals surface area contributed by atoms with Crippen molar-refractivity contribution in [2.45, 2.75) is 5.33 Å². The molecule has 7 heteroatoms. The fraction of sp³-hybridized carbons (Fsp3) is 0.0769. The number of halogens is 1. The molecule has 0 spiro atoms. The normalized spacial score (nSPS) is 10.7. The van der Waals surface area contributed by atoms with Gasteiger partial charge in [-0.2, -0.15) is 0 Å². The van der Waals surface area contributed by atoms with E-state index in [1.54, 1.807) is 12.1 Å². The maximum Gasteiger partial charge on any atom is 0.256 e. The summed E-state index contributed by atoms with van der Waals surface area (Å²) in [6.45, 7) is 0. The maximum absolute atomic E-state index is 12.2. The van der Waals surface area contributed by atoms with Crippen molar-refractivity contribution in [3.63, 3.8) is 0 Å². The van der Waals surface area contributed by atoms with E-state index in [0.29, 0.717) is 22.5 Å². The molecule has 0 fully saturated rings. The first-order chi connectivity index (χ1) is 9.78. The molecule has 0 unspecified atom stereocenters. The summed E-state index contributed by atoms with van der Waals surface area (Å²) in [6, 6.07) is 7.35. The average Bonchev–Trinajstić information content (AvgIpc) is 2.97. The zero-order valence-corrected chi connectivity index (χ0v) is 11.9. The van der Waals surface area contributed by atoms with E-state index in [4.69, 9.17) is 0 Å². The number of fused-ring (bicyclic) bond motifs is 1. The van der Waals surface area contributed by atoms with Crippen molar-refractivity contribution in [3.05, 3.63) is 48.0 Å². The van der Waals surface area contributed by atoms with Crippen LogP contribution in [0.3, 0.4) is 0 Å². The van der Waals surface area contributed by atoms with Gasteiger partial charge in [-0.1, -0.05) is 28.1 Å². The van der Waals surface area contributed by atoms with Crippen LogP contribution in [0.1, 0.15) is 15.9 Å². The number of nitrogens with one attached hydrogen (secondary N) is 2. The molecule has 0 radical (unpaired) electrons. The van der Waals surface area contributed by atoms with E-state index < -0.39 is 0 Å². The number of rotatable bonds is 3. The minimum absolute atomic E-state index is 0.222. The van der Waals surface area contributed by atoms with Gasteiger partial charge in [0, 0.05) is 10.9 Å². The van der Waals surface area contributed by atoms with Gasteiger partial charge in [0.1, 0.15) is 11.8 Å². The van der Waals surface area contributed by atoms with Gasteiger partial charge in [0.05, 0.1) is 6.33 Å². The van der Waals surface area contributed by atoms with Crippen LogP contribution in [0.25, 0.3) is 11.2 Å². The molecule has 0 saturated carbocycles. The van der Waals surface area contributed by atoms with Crippen LogP contribution in [0.5, 0.6) is 0 Å². The Morgan fingerprint density at radius 3 is 2.75 bits per heavy atom. The molecule has 2 heterocycles. The largest absolute Gasteiger partial charge is 0.340 e. The molecule has 0 atom stereocenters. The number of carbonyl (C=O) groups is 1. The van der Waals surface area contributed by atoms with E-state index in [9.17, 15) is 4.79 Å². The summed E-state index contributed by atoms with van der Waals surface area (Å²) in [7, 11) is 0. The lowest BCUT2D eigenvalue weighted by Gasteiger charge is -2.05. The molecule has 0 saturated heterocycles. The van der Waals surface area contributed by atoms with Gasteiger partial charge in [0.2, 0.25) is 0 Å². The number of aromatic nitrogens is 4. The first-order valence-corrected chi connectivity index (χ1v) is 7.00. The van der Waals surface area contributed by atoms with Gasteiger partial charge < -0.3 is 10.3 Å². The summed E-state index contributed by atoms with van der Waals surface area (Å²) >= 11 is 3.37. The minimum atomic E-state index is -0.222. The Hall–Kier alpha value is -2.28. The second-order valence-electron chi connectivity index (χ2n) is 4.11. The van der Waals surface area contributed by atoms with E-state index in [-0.39, 0.29) is 5.91 Å². The first-order valence-electron chi connectivity index (χ1n) is 5.88. The molecule has 0 aliphatic rings. The number of anilines is 1. The zero-order valence-electron chi connectivity index (χ0n) is 10.3. The predicted molar refractivity (Wildman–Crippen MR) is 78.7 cm³/mol. The summed E-state index contributed by atoms with van der Waals surface area (Å²) in [5.74, 6) is 0.197. The first kappa shape index (κ1) is 12.7. The van der Waals surface area contributed by atoms with Gasteiger partial charge in [-0.05, 0) is 17.7 Å². The van der Waals surface area contributed by atoms with Crippen molar-refractivity contribution < 1.29 is 4.79 Å². The van der Waals surface area contributed by atoms with E-state index in [0.717, 1.165) is 10.9 Å². The summed E-state index contributed by atoms with van der Waals surface area (Å²) < 4.78 is 0. The van der Waals surface area contributed by atoms with E-state index in [2.05, 4.69) is 41.2 Å². The highest BCUT2D eigenvalue weighted by Gasteiger charge is 2.11. The van der Waals surface area contributed by atoms with E-state index >= 15 is 0 Å². The Balaban J connectivity index is 1.86. The van der Waals surface area contributed by atoms with Gasteiger partial charge in [0.15, 0.2) is 11.5 Å². The number of hydrogen-bond donors (Lipinski definition) is 2. The SMILES string of the molecule is O=C(Nc1ncnc2nc[nH]c12)c1ccc(CBr)cc1. The quantitative estimate of drug-likeness (QED) is 0.722. The highest BCUT2D eigenvalue weighted by molar-refractivity contribution is 9.08. The van der Waals surface area contributed by atoms with Gasteiger partial charge >= 0.3 is 0 Å². The smallest absolute Gasteiger partial charge is 0.256 e. The number of nitrogens with zero attached hydrogens (tertiary/aromatic N) is 3. The van der Waals surface area contributed by atoms with Crippen LogP contribution in [0, 0.1) is 0 Å². The highest BCUT2D eigenvalue weighted by atomic mass is 79.9. The number of amides is 1. The second kappa shape index (κ2) is 5.38. The molecule has 2 N–H and O–H groups in total. The van der Waals surface area contributed by atoms with Crippen LogP contribution < -0.4 is 5.32 Å². The summed E-state index contributed by atoms with van der Waals surface area (Å²) in [5.41, 5.74) is 2.81. The maximum atomic E-state index is 12.2. The van der Waals surface area contributed by atoms with Gasteiger partial charge in [-0.15, -0.1) is 0 Å².